The Bertz CT molecular complexity index is 651. The number of carbonyl (C=O) groups is 2. The third-order valence-electron chi connectivity index (χ3n) is 3.83. The van der Waals surface area contributed by atoms with Crippen molar-refractivity contribution in [2.75, 3.05) is 19.8 Å². The third kappa shape index (κ3) is 5.97. The van der Waals surface area contributed by atoms with Gasteiger partial charge in [-0.15, -0.1) is 0 Å². The highest BCUT2D eigenvalue weighted by atomic mass is 32.2. The van der Waals surface area contributed by atoms with Gasteiger partial charge in [0.1, 0.15) is 6.61 Å². The van der Waals surface area contributed by atoms with Crippen molar-refractivity contribution in [3.63, 3.8) is 0 Å². The molecule has 1 fully saturated rings. The molecule has 14 heteroatoms. The van der Waals surface area contributed by atoms with Crippen molar-refractivity contribution in [3.8, 4) is 0 Å². The number of hydrogen-bond donors (Lipinski definition) is 1. The number of alkyl halides is 5. The third-order valence-corrected chi connectivity index (χ3v) is 4.74. The van der Waals surface area contributed by atoms with Gasteiger partial charge in [0.15, 0.2) is 0 Å². The Balaban J connectivity index is 2.61. The van der Waals surface area contributed by atoms with E-state index in [4.69, 9.17) is 14.0 Å². The standard InChI is InChI=1S/C13H17F5O8S/c1-2-11(5-24-6-11)7-25-8(19)3-4-9(20)26-10(12(14,15)16)13(17,18)27(21,22)23/h10H,2-7H2,1H3,(H,21,22,23). The van der Waals surface area contributed by atoms with E-state index in [0.717, 1.165) is 0 Å². The van der Waals surface area contributed by atoms with Gasteiger partial charge in [-0.3, -0.25) is 14.1 Å². The average Bonchev–Trinajstić information content (AvgIpc) is 2.47. The fraction of sp³-hybridized carbons (Fsp3) is 0.846. The zero-order chi connectivity index (χ0) is 21.1. The van der Waals surface area contributed by atoms with Crippen molar-refractivity contribution >= 4 is 22.1 Å². The number of hydrogen-bond acceptors (Lipinski definition) is 7. The largest absolute Gasteiger partial charge is 0.465 e. The highest BCUT2D eigenvalue weighted by Gasteiger charge is 2.66. The molecule has 0 aromatic carbocycles. The lowest BCUT2D eigenvalue weighted by Gasteiger charge is -2.39. The summed E-state index contributed by atoms with van der Waals surface area (Å²) >= 11 is 0. The van der Waals surface area contributed by atoms with Crippen molar-refractivity contribution in [3.05, 3.63) is 0 Å². The molecule has 0 saturated carbocycles. The maximum Gasteiger partial charge on any atom is 0.432 e. The second-order valence-corrected chi connectivity index (χ2v) is 7.45. The lowest BCUT2D eigenvalue weighted by molar-refractivity contribution is -0.259. The second kappa shape index (κ2) is 8.22. The minimum Gasteiger partial charge on any atom is -0.465 e. The molecule has 8 nitrogen and oxygen atoms in total. The van der Waals surface area contributed by atoms with Crippen molar-refractivity contribution in [2.24, 2.45) is 5.41 Å². The molecule has 0 spiro atoms. The van der Waals surface area contributed by atoms with Gasteiger partial charge in [-0.25, -0.2) is 0 Å². The average molecular weight is 428 g/mol. The normalized spacial score (nSPS) is 18.3. The Hall–Kier alpha value is -1.54. The van der Waals surface area contributed by atoms with Gasteiger partial charge >= 0.3 is 33.5 Å². The Morgan fingerprint density at radius 2 is 1.67 bits per heavy atom. The fourth-order valence-corrected chi connectivity index (χ4v) is 2.39. The van der Waals surface area contributed by atoms with Gasteiger partial charge in [0, 0.05) is 0 Å². The van der Waals surface area contributed by atoms with Crippen LogP contribution in [0.2, 0.25) is 0 Å². The van der Waals surface area contributed by atoms with Crippen LogP contribution in [0.25, 0.3) is 0 Å². The van der Waals surface area contributed by atoms with Crippen molar-refractivity contribution < 1.29 is 58.7 Å². The predicted octanol–water partition coefficient (Wildman–Crippen LogP) is 1.69. The zero-order valence-corrected chi connectivity index (χ0v) is 14.7. The van der Waals surface area contributed by atoms with Crippen LogP contribution in [-0.2, 0) is 33.9 Å². The predicted molar refractivity (Wildman–Crippen MR) is 76.2 cm³/mol. The van der Waals surface area contributed by atoms with Crippen molar-refractivity contribution in [1.29, 1.82) is 0 Å². The van der Waals surface area contributed by atoms with Gasteiger partial charge < -0.3 is 14.2 Å². The maximum absolute atomic E-state index is 13.2. The van der Waals surface area contributed by atoms with Crippen LogP contribution >= 0.6 is 0 Å². The van der Waals surface area contributed by atoms with E-state index < -0.39 is 52.4 Å². The highest BCUT2D eigenvalue weighted by molar-refractivity contribution is 7.86. The van der Waals surface area contributed by atoms with Gasteiger partial charge in [0.2, 0.25) is 0 Å². The van der Waals surface area contributed by atoms with Gasteiger partial charge in [0.25, 0.3) is 6.10 Å². The quantitative estimate of drug-likeness (QED) is 0.335. The Morgan fingerprint density at radius 3 is 2.04 bits per heavy atom. The molecule has 1 N–H and O–H groups in total. The lowest BCUT2D eigenvalue weighted by atomic mass is 9.84. The Kier molecular flexibility index (Phi) is 7.16. The number of esters is 2. The summed E-state index contributed by atoms with van der Waals surface area (Å²) in [7, 11) is -6.52. The molecule has 0 bridgehead atoms. The van der Waals surface area contributed by atoms with Crippen LogP contribution in [0, 0.1) is 5.41 Å². The molecular formula is C13H17F5O8S. The van der Waals surface area contributed by atoms with Crippen molar-refractivity contribution in [1.82, 2.24) is 0 Å². The van der Waals surface area contributed by atoms with E-state index in [0.29, 0.717) is 19.6 Å². The molecular weight excluding hydrogens is 411 g/mol. The fourth-order valence-electron chi connectivity index (χ4n) is 1.94. The molecule has 0 amide bonds. The van der Waals surface area contributed by atoms with E-state index in [1.54, 1.807) is 0 Å². The SMILES string of the molecule is CCC1(COC(=O)CCC(=O)OC(C(F)(F)F)C(F)(F)S(=O)(=O)O)COC1. The lowest BCUT2D eigenvalue weighted by Crippen LogP contribution is -2.52. The molecule has 1 heterocycles. The van der Waals surface area contributed by atoms with Crippen LogP contribution in [0.5, 0.6) is 0 Å². The van der Waals surface area contributed by atoms with Gasteiger partial charge in [-0.2, -0.15) is 30.4 Å². The van der Waals surface area contributed by atoms with Crippen LogP contribution in [0.1, 0.15) is 26.2 Å². The zero-order valence-electron chi connectivity index (χ0n) is 13.9. The summed E-state index contributed by atoms with van der Waals surface area (Å²) in [6.07, 6.45) is -11.6. The molecule has 1 atom stereocenters. The van der Waals surface area contributed by atoms with Crippen LogP contribution in [0.3, 0.4) is 0 Å². The molecule has 0 radical (unpaired) electrons. The smallest absolute Gasteiger partial charge is 0.432 e. The Morgan fingerprint density at radius 1 is 1.15 bits per heavy atom. The first-order chi connectivity index (χ1) is 12.1. The first-order valence-electron chi connectivity index (χ1n) is 7.49. The van der Waals surface area contributed by atoms with Gasteiger partial charge in [-0.1, -0.05) is 6.92 Å². The first-order valence-corrected chi connectivity index (χ1v) is 8.93. The molecule has 1 aliphatic heterocycles. The molecule has 1 rings (SSSR count). The number of rotatable bonds is 9. The minimum atomic E-state index is -6.52. The minimum absolute atomic E-state index is 0.0522. The molecule has 1 unspecified atom stereocenters. The van der Waals surface area contributed by atoms with Gasteiger partial charge in [-0.05, 0) is 6.42 Å². The van der Waals surface area contributed by atoms with E-state index in [9.17, 15) is 40.0 Å². The van der Waals surface area contributed by atoms with E-state index in [2.05, 4.69) is 4.74 Å². The monoisotopic (exact) mass is 428 g/mol. The second-order valence-electron chi connectivity index (χ2n) is 5.96. The van der Waals surface area contributed by atoms with E-state index in [1.807, 2.05) is 6.92 Å². The Labute approximate surface area is 150 Å². The van der Waals surface area contributed by atoms with Gasteiger partial charge in [0.05, 0.1) is 31.5 Å². The summed E-state index contributed by atoms with van der Waals surface area (Å²) in [4.78, 5) is 22.9. The van der Waals surface area contributed by atoms with Crippen LogP contribution in [0.15, 0.2) is 0 Å². The van der Waals surface area contributed by atoms with E-state index in [-0.39, 0.29) is 12.0 Å². The maximum atomic E-state index is 13.2. The van der Waals surface area contributed by atoms with E-state index in [1.165, 1.54) is 0 Å². The molecule has 0 aromatic heterocycles. The first kappa shape index (κ1) is 23.5. The summed E-state index contributed by atoms with van der Waals surface area (Å²) in [6.45, 7) is 2.46. The summed E-state index contributed by atoms with van der Waals surface area (Å²) in [5, 5.41) is -5.82. The van der Waals surface area contributed by atoms with Crippen LogP contribution in [-0.4, -0.2) is 62.3 Å². The molecule has 27 heavy (non-hydrogen) atoms. The number of ether oxygens (including phenoxy) is 3. The summed E-state index contributed by atoms with van der Waals surface area (Å²) in [5.41, 5.74) is -0.380. The number of halogens is 5. The van der Waals surface area contributed by atoms with E-state index >= 15 is 0 Å². The molecule has 0 aliphatic carbocycles. The highest BCUT2D eigenvalue weighted by Crippen LogP contribution is 2.38. The molecule has 1 saturated heterocycles. The number of carbonyl (C=O) groups excluding carboxylic acids is 2. The summed E-state index contributed by atoms with van der Waals surface area (Å²) in [5.74, 6) is -2.91. The van der Waals surface area contributed by atoms with Crippen molar-refractivity contribution in [2.45, 2.75) is 43.7 Å². The molecule has 1 aliphatic rings. The van der Waals surface area contributed by atoms with Crippen LogP contribution < -0.4 is 0 Å². The molecule has 158 valence electrons. The topological polar surface area (TPSA) is 116 Å². The summed E-state index contributed by atoms with van der Waals surface area (Å²) in [6, 6.07) is 0. The summed E-state index contributed by atoms with van der Waals surface area (Å²) < 4.78 is 107. The van der Waals surface area contributed by atoms with Crippen LogP contribution in [0.4, 0.5) is 22.0 Å². The molecule has 0 aromatic rings.